The normalized spacial score (nSPS) is 20.2. The van der Waals surface area contributed by atoms with Crippen molar-refractivity contribution in [2.75, 3.05) is 26.0 Å². The standard InChI is InChI=1S/C15H21NO2S/c1-12-10-16(7-8-19-12)11-14-6-4-3-5-13(14)9-15(17)18-2/h3-6,12H,7-11H2,1-2H3. The molecule has 1 heterocycles. The Balaban J connectivity index is 2.04. The zero-order chi connectivity index (χ0) is 13.7. The van der Waals surface area contributed by atoms with E-state index in [1.165, 1.54) is 18.4 Å². The summed E-state index contributed by atoms with van der Waals surface area (Å²) in [5.41, 5.74) is 2.33. The first-order chi connectivity index (χ1) is 9.19. The third kappa shape index (κ3) is 4.25. The molecule has 0 spiro atoms. The monoisotopic (exact) mass is 279 g/mol. The van der Waals surface area contributed by atoms with Gasteiger partial charge in [-0.1, -0.05) is 31.2 Å². The van der Waals surface area contributed by atoms with Gasteiger partial charge in [-0.05, 0) is 11.1 Å². The molecule has 1 atom stereocenters. The Kier molecular flexibility index (Phi) is 5.28. The summed E-state index contributed by atoms with van der Waals surface area (Å²) < 4.78 is 4.76. The third-order valence-electron chi connectivity index (χ3n) is 3.40. The van der Waals surface area contributed by atoms with Gasteiger partial charge in [-0.15, -0.1) is 0 Å². The van der Waals surface area contributed by atoms with Crippen LogP contribution in [-0.2, 0) is 22.5 Å². The molecule has 1 unspecified atom stereocenters. The van der Waals surface area contributed by atoms with Gasteiger partial charge in [0.25, 0.3) is 0 Å². The molecule has 1 aliphatic rings. The van der Waals surface area contributed by atoms with Gasteiger partial charge in [-0.3, -0.25) is 9.69 Å². The number of carbonyl (C=O) groups excluding carboxylic acids is 1. The molecule has 0 saturated carbocycles. The van der Waals surface area contributed by atoms with Crippen molar-refractivity contribution in [2.24, 2.45) is 0 Å². The predicted octanol–water partition coefficient (Wildman–Crippen LogP) is 2.34. The fourth-order valence-electron chi connectivity index (χ4n) is 2.39. The van der Waals surface area contributed by atoms with Crippen LogP contribution in [0.3, 0.4) is 0 Å². The van der Waals surface area contributed by atoms with Crippen LogP contribution >= 0.6 is 11.8 Å². The number of nitrogens with zero attached hydrogens (tertiary/aromatic N) is 1. The van der Waals surface area contributed by atoms with Gasteiger partial charge in [0.2, 0.25) is 0 Å². The molecule has 4 heteroatoms. The van der Waals surface area contributed by atoms with E-state index in [9.17, 15) is 4.79 Å². The van der Waals surface area contributed by atoms with Crippen LogP contribution in [0.1, 0.15) is 18.1 Å². The first-order valence-electron chi connectivity index (χ1n) is 6.66. The van der Waals surface area contributed by atoms with E-state index >= 15 is 0 Å². The molecule has 1 saturated heterocycles. The van der Waals surface area contributed by atoms with Crippen molar-refractivity contribution >= 4 is 17.7 Å². The van der Waals surface area contributed by atoms with Crippen molar-refractivity contribution in [1.82, 2.24) is 4.90 Å². The Bertz CT molecular complexity index is 436. The largest absolute Gasteiger partial charge is 0.469 e. The highest BCUT2D eigenvalue weighted by Gasteiger charge is 2.18. The van der Waals surface area contributed by atoms with Crippen molar-refractivity contribution in [3.63, 3.8) is 0 Å². The Morgan fingerprint density at radius 1 is 1.42 bits per heavy atom. The fraction of sp³-hybridized carbons (Fsp3) is 0.533. The zero-order valence-electron chi connectivity index (χ0n) is 11.6. The highest BCUT2D eigenvalue weighted by Crippen LogP contribution is 2.21. The minimum atomic E-state index is -0.171. The molecule has 2 rings (SSSR count). The molecular formula is C15H21NO2S. The second-order valence-corrected chi connectivity index (χ2v) is 6.48. The highest BCUT2D eigenvalue weighted by atomic mass is 32.2. The third-order valence-corrected chi connectivity index (χ3v) is 4.54. The van der Waals surface area contributed by atoms with Gasteiger partial charge in [0, 0.05) is 30.6 Å². The number of thioether (sulfide) groups is 1. The maximum atomic E-state index is 11.4. The average Bonchev–Trinajstić information content (AvgIpc) is 2.41. The second kappa shape index (κ2) is 6.96. The smallest absolute Gasteiger partial charge is 0.309 e. The Labute approximate surface area is 119 Å². The molecule has 104 valence electrons. The van der Waals surface area contributed by atoms with Gasteiger partial charge >= 0.3 is 5.97 Å². The summed E-state index contributed by atoms with van der Waals surface area (Å²) >= 11 is 2.04. The summed E-state index contributed by atoms with van der Waals surface area (Å²) in [6.07, 6.45) is 0.366. The van der Waals surface area contributed by atoms with E-state index in [0.717, 1.165) is 25.2 Å². The molecule has 0 N–H and O–H groups in total. The number of hydrogen-bond donors (Lipinski definition) is 0. The SMILES string of the molecule is COC(=O)Cc1ccccc1CN1CCSC(C)C1. The summed E-state index contributed by atoms with van der Waals surface area (Å²) in [6, 6.07) is 8.16. The minimum absolute atomic E-state index is 0.171. The molecule has 3 nitrogen and oxygen atoms in total. The predicted molar refractivity (Wildman–Crippen MR) is 79.4 cm³/mol. The van der Waals surface area contributed by atoms with Crippen LogP contribution < -0.4 is 0 Å². The van der Waals surface area contributed by atoms with Crippen LogP contribution in [-0.4, -0.2) is 42.1 Å². The molecular weight excluding hydrogens is 258 g/mol. The van der Waals surface area contributed by atoms with Crippen molar-refractivity contribution < 1.29 is 9.53 Å². The molecule has 0 aliphatic carbocycles. The number of esters is 1. The quantitative estimate of drug-likeness (QED) is 0.791. The summed E-state index contributed by atoms with van der Waals surface area (Å²) in [6.45, 7) is 5.45. The van der Waals surface area contributed by atoms with Crippen LogP contribution in [0.5, 0.6) is 0 Å². The number of hydrogen-bond acceptors (Lipinski definition) is 4. The molecule has 1 fully saturated rings. The van der Waals surface area contributed by atoms with Crippen LogP contribution in [0.4, 0.5) is 0 Å². The van der Waals surface area contributed by atoms with Gasteiger partial charge < -0.3 is 4.74 Å². The van der Waals surface area contributed by atoms with Gasteiger partial charge in [0.1, 0.15) is 0 Å². The van der Waals surface area contributed by atoms with Gasteiger partial charge in [-0.25, -0.2) is 0 Å². The van der Waals surface area contributed by atoms with E-state index in [2.05, 4.69) is 17.9 Å². The molecule has 0 amide bonds. The summed E-state index contributed by atoms with van der Waals surface area (Å²) in [5.74, 6) is 1.02. The highest BCUT2D eigenvalue weighted by molar-refractivity contribution is 7.99. The van der Waals surface area contributed by atoms with Crippen LogP contribution in [0.15, 0.2) is 24.3 Å². The van der Waals surface area contributed by atoms with E-state index in [1.54, 1.807) is 0 Å². The van der Waals surface area contributed by atoms with Crippen LogP contribution in [0, 0.1) is 0 Å². The summed E-state index contributed by atoms with van der Waals surface area (Å²) in [7, 11) is 1.44. The first-order valence-corrected chi connectivity index (χ1v) is 7.71. The molecule has 0 aromatic heterocycles. The number of benzene rings is 1. The Morgan fingerprint density at radius 2 is 2.16 bits per heavy atom. The lowest BCUT2D eigenvalue weighted by Crippen LogP contribution is -2.36. The maximum absolute atomic E-state index is 11.4. The number of methoxy groups -OCH3 is 1. The van der Waals surface area contributed by atoms with Gasteiger partial charge in [0.05, 0.1) is 13.5 Å². The topological polar surface area (TPSA) is 29.5 Å². The molecule has 1 aliphatic heterocycles. The average molecular weight is 279 g/mol. The lowest BCUT2D eigenvalue weighted by atomic mass is 10.0. The zero-order valence-corrected chi connectivity index (χ0v) is 12.4. The van der Waals surface area contributed by atoms with Crippen LogP contribution in [0.25, 0.3) is 0 Å². The van der Waals surface area contributed by atoms with Crippen molar-refractivity contribution in [3.8, 4) is 0 Å². The second-order valence-electron chi connectivity index (χ2n) is 4.94. The summed E-state index contributed by atoms with van der Waals surface area (Å²) in [4.78, 5) is 13.9. The van der Waals surface area contributed by atoms with Gasteiger partial charge in [-0.2, -0.15) is 11.8 Å². The minimum Gasteiger partial charge on any atom is -0.469 e. The number of rotatable bonds is 4. The van der Waals surface area contributed by atoms with E-state index in [0.29, 0.717) is 11.7 Å². The van der Waals surface area contributed by atoms with Crippen molar-refractivity contribution in [3.05, 3.63) is 35.4 Å². The molecule has 1 aromatic rings. The lowest BCUT2D eigenvalue weighted by Gasteiger charge is -2.31. The number of ether oxygens (including phenoxy) is 1. The fourth-order valence-corrected chi connectivity index (χ4v) is 3.47. The van der Waals surface area contributed by atoms with Crippen molar-refractivity contribution in [1.29, 1.82) is 0 Å². The molecule has 19 heavy (non-hydrogen) atoms. The Morgan fingerprint density at radius 3 is 2.84 bits per heavy atom. The van der Waals surface area contributed by atoms with E-state index in [1.807, 2.05) is 30.0 Å². The maximum Gasteiger partial charge on any atom is 0.309 e. The van der Waals surface area contributed by atoms with Crippen molar-refractivity contribution in [2.45, 2.75) is 25.1 Å². The molecule has 1 aromatic carbocycles. The summed E-state index contributed by atoms with van der Waals surface area (Å²) in [5, 5.41) is 0.696. The lowest BCUT2D eigenvalue weighted by molar-refractivity contribution is -0.139. The van der Waals surface area contributed by atoms with Gasteiger partial charge in [0.15, 0.2) is 0 Å². The van der Waals surface area contributed by atoms with E-state index < -0.39 is 0 Å². The van der Waals surface area contributed by atoms with E-state index in [4.69, 9.17) is 4.74 Å². The van der Waals surface area contributed by atoms with Crippen LogP contribution in [0.2, 0.25) is 0 Å². The van der Waals surface area contributed by atoms with E-state index in [-0.39, 0.29) is 5.97 Å². The number of carbonyl (C=O) groups is 1. The molecule has 0 bridgehead atoms. The Hall–Kier alpha value is -1.00. The first kappa shape index (κ1) is 14.4. The molecule has 0 radical (unpaired) electrons.